The van der Waals surface area contributed by atoms with E-state index in [1.807, 2.05) is 0 Å². The second-order valence-electron chi connectivity index (χ2n) is 4.80. The Bertz CT molecular complexity index is 170. The van der Waals surface area contributed by atoms with E-state index in [2.05, 4.69) is 17.1 Å². The molecule has 2 nitrogen and oxygen atoms in total. The van der Waals surface area contributed by atoms with Gasteiger partial charge in [-0.05, 0) is 25.8 Å². The number of fused-ring (bicyclic) bond motifs is 1. The van der Waals surface area contributed by atoms with Gasteiger partial charge in [0.25, 0.3) is 0 Å². The smallest absolute Gasteiger partial charge is 0.0249 e. The third-order valence-corrected chi connectivity index (χ3v) is 3.80. The highest BCUT2D eigenvalue weighted by Crippen LogP contribution is 2.26. The molecule has 2 atom stereocenters. The normalized spacial score (nSPS) is 33.2. The molecule has 1 heterocycles. The van der Waals surface area contributed by atoms with Crippen LogP contribution in [-0.2, 0) is 0 Å². The molecular weight excluding hydrogens is 172 g/mol. The zero-order chi connectivity index (χ0) is 9.80. The fourth-order valence-corrected chi connectivity index (χ4v) is 3.02. The molecule has 1 aliphatic carbocycles. The van der Waals surface area contributed by atoms with Crippen LogP contribution < -0.4 is 5.32 Å². The largest absolute Gasteiger partial charge is 0.311 e. The maximum absolute atomic E-state index is 3.66. The number of nitrogens with one attached hydrogen (secondary N) is 1. The van der Waals surface area contributed by atoms with Gasteiger partial charge in [0.05, 0.1) is 0 Å². The number of unbranched alkanes of at least 4 members (excludes halogenated alkanes) is 2. The van der Waals surface area contributed by atoms with Crippen molar-refractivity contribution in [1.82, 2.24) is 10.2 Å². The first kappa shape index (κ1) is 10.4. The van der Waals surface area contributed by atoms with E-state index < -0.39 is 0 Å². The first-order valence-electron chi connectivity index (χ1n) is 6.39. The highest BCUT2D eigenvalue weighted by molar-refractivity contribution is 4.93. The molecule has 0 aromatic heterocycles. The summed E-state index contributed by atoms with van der Waals surface area (Å²) in [4.78, 5) is 2.74. The fraction of sp³-hybridized carbons (Fsp3) is 1.00. The van der Waals surface area contributed by atoms with Crippen LogP contribution in [0.1, 0.15) is 45.4 Å². The SMILES string of the molecule is CCCCCN1CCNC2CCCC21. The van der Waals surface area contributed by atoms with Crippen molar-refractivity contribution in [3.8, 4) is 0 Å². The Morgan fingerprint density at radius 2 is 2.21 bits per heavy atom. The third-order valence-electron chi connectivity index (χ3n) is 3.80. The summed E-state index contributed by atoms with van der Waals surface area (Å²) in [6.07, 6.45) is 8.44. The van der Waals surface area contributed by atoms with E-state index in [1.165, 1.54) is 58.2 Å². The summed E-state index contributed by atoms with van der Waals surface area (Å²) in [6.45, 7) is 6.13. The lowest BCUT2D eigenvalue weighted by Gasteiger charge is -2.38. The Balaban J connectivity index is 1.78. The van der Waals surface area contributed by atoms with Crippen molar-refractivity contribution in [2.75, 3.05) is 19.6 Å². The predicted octanol–water partition coefficient (Wildman–Crippen LogP) is 2.00. The Hall–Kier alpha value is -0.0800. The van der Waals surface area contributed by atoms with Crippen molar-refractivity contribution in [2.45, 2.75) is 57.5 Å². The molecular formula is C12H24N2. The molecule has 0 aromatic rings. The summed E-state index contributed by atoms with van der Waals surface area (Å²) in [5.41, 5.74) is 0. The molecule has 14 heavy (non-hydrogen) atoms. The zero-order valence-corrected chi connectivity index (χ0v) is 9.47. The van der Waals surface area contributed by atoms with Crippen molar-refractivity contribution in [1.29, 1.82) is 0 Å². The van der Waals surface area contributed by atoms with Gasteiger partial charge in [0.2, 0.25) is 0 Å². The van der Waals surface area contributed by atoms with Crippen LogP contribution in [0.25, 0.3) is 0 Å². The molecule has 0 aromatic carbocycles. The lowest BCUT2D eigenvalue weighted by atomic mass is 10.1. The molecule has 0 spiro atoms. The van der Waals surface area contributed by atoms with Crippen LogP contribution in [0.4, 0.5) is 0 Å². The second kappa shape index (κ2) is 5.13. The average Bonchev–Trinajstić information content (AvgIpc) is 2.67. The molecule has 2 rings (SSSR count). The van der Waals surface area contributed by atoms with Crippen molar-refractivity contribution in [3.05, 3.63) is 0 Å². The first-order valence-corrected chi connectivity index (χ1v) is 6.39. The predicted molar refractivity (Wildman–Crippen MR) is 60.5 cm³/mol. The monoisotopic (exact) mass is 196 g/mol. The van der Waals surface area contributed by atoms with E-state index in [9.17, 15) is 0 Å². The Labute approximate surface area is 88.1 Å². The van der Waals surface area contributed by atoms with Crippen LogP contribution >= 0.6 is 0 Å². The standard InChI is InChI=1S/C12H24N2/c1-2-3-4-9-14-10-8-13-11-6-5-7-12(11)14/h11-13H,2-10H2,1H3. The fourth-order valence-electron chi connectivity index (χ4n) is 3.02. The van der Waals surface area contributed by atoms with Crippen LogP contribution in [-0.4, -0.2) is 36.6 Å². The Morgan fingerprint density at radius 3 is 3.07 bits per heavy atom. The quantitative estimate of drug-likeness (QED) is 0.692. The van der Waals surface area contributed by atoms with Gasteiger partial charge in [0, 0.05) is 25.2 Å². The van der Waals surface area contributed by atoms with Gasteiger partial charge >= 0.3 is 0 Å². The summed E-state index contributed by atoms with van der Waals surface area (Å²) >= 11 is 0. The lowest BCUT2D eigenvalue weighted by molar-refractivity contribution is 0.134. The molecule has 0 amide bonds. The van der Waals surface area contributed by atoms with E-state index in [4.69, 9.17) is 0 Å². The minimum absolute atomic E-state index is 0.824. The number of rotatable bonds is 4. The van der Waals surface area contributed by atoms with Crippen molar-refractivity contribution < 1.29 is 0 Å². The van der Waals surface area contributed by atoms with Gasteiger partial charge < -0.3 is 5.32 Å². The molecule has 2 aliphatic rings. The van der Waals surface area contributed by atoms with Gasteiger partial charge in [0.15, 0.2) is 0 Å². The van der Waals surface area contributed by atoms with Gasteiger partial charge in [-0.25, -0.2) is 0 Å². The van der Waals surface area contributed by atoms with E-state index in [0.29, 0.717) is 0 Å². The topological polar surface area (TPSA) is 15.3 Å². The number of hydrogen-bond donors (Lipinski definition) is 1. The van der Waals surface area contributed by atoms with Crippen molar-refractivity contribution >= 4 is 0 Å². The van der Waals surface area contributed by atoms with Crippen LogP contribution in [0.5, 0.6) is 0 Å². The summed E-state index contributed by atoms with van der Waals surface area (Å²) < 4.78 is 0. The summed E-state index contributed by atoms with van der Waals surface area (Å²) in [5, 5.41) is 3.66. The zero-order valence-electron chi connectivity index (χ0n) is 9.47. The Kier molecular flexibility index (Phi) is 3.82. The highest BCUT2D eigenvalue weighted by Gasteiger charge is 2.33. The Morgan fingerprint density at radius 1 is 1.29 bits per heavy atom. The lowest BCUT2D eigenvalue weighted by Crippen LogP contribution is -2.55. The van der Waals surface area contributed by atoms with Crippen LogP contribution in [0.15, 0.2) is 0 Å². The maximum atomic E-state index is 3.66. The number of nitrogens with zero attached hydrogens (tertiary/aromatic N) is 1. The summed E-state index contributed by atoms with van der Waals surface area (Å²) in [5.74, 6) is 0. The van der Waals surface area contributed by atoms with Gasteiger partial charge in [-0.2, -0.15) is 0 Å². The molecule has 2 heteroatoms. The highest BCUT2D eigenvalue weighted by atomic mass is 15.2. The maximum Gasteiger partial charge on any atom is 0.0249 e. The molecule has 1 saturated carbocycles. The van der Waals surface area contributed by atoms with E-state index >= 15 is 0 Å². The molecule has 0 radical (unpaired) electrons. The van der Waals surface area contributed by atoms with Gasteiger partial charge in [-0.15, -0.1) is 0 Å². The number of piperazine rings is 1. The van der Waals surface area contributed by atoms with E-state index in [-0.39, 0.29) is 0 Å². The van der Waals surface area contributed by atoms with Gasteiger partial charge in [-0.3, -0.25) is 4.90 Å². The van der Waals surface area contributed by atoms with E-state index in [1.54, 1.807) is 0 Å². The molecule has 82 valence electrons. The summed E-state index contributed by atoms with van der Waals surface area (Å²) in [6, 6.07) is 1.70. The second-order valence-corrected chi connectivity index (χ2v) is 4.80. The van der Waals surface area contributed by atoms with Gasteiger partial charge in [-0.1, -0.05) is 26.2 Å². The first-order chi connectivity index (χ1) is 6.92. The summed E-state index contributed by atoms with van der Waals surface area (Å²) in [7, 11) is 0. The average molecular weight is 196 g/mol. The van der Waals surface area contributed by atoms with Crippen LogP contribution in [0.3, 0.4) is 0 Å². The molecule has 1 N–H and O–H groups in total. The van der Waals surface area contributed by atoms with Gasteiger partial charge in [0.1, 0.15) is 0 Å². The van der Waals surface area contributed by atoms with E-state index in [0.717, 1.165) is 12.1 Å². The molecule has 1 aliphatic heterocycles. The molecule has 2 unspecified atom stereocenters. The molecule has 0 bridgehead atoms. The minimum Gasteiger partial charge on any atom is -0.311 e. The molecule has 2 fully saturated rings. The molecule has 1 saturated heterocycles. The van der Waals surface area contributed by atoms with Crippen molar-refractivity contribution in [3.63, 3.8) is 0 Å². The van der Waals surface area contributed by atoms with Crippen LogP contribution in [0, 0.1) is 0 Å². The van der Waals surface area contributed by atoms with Crippen LogP contribution in [0.2, 0.25) is 0 Å². The number of hydrogen-bond acceptors (Lipinski definition) is 2. The van der Waals surface area contributed by atoms with Crippen molar-refractivity contribution in [2.24, 2.45) is 0 Å². The minimum atomic E-state index is 0.824. The third kappa shape index (κ3) is 2.29.